The minimum Gasteiger partial charge on any atom is -0.480 e. The average Bonchev–Trinajstić information content (AvgIpc) is 2.51. The van der Waals surface area contributed by atoms with Crippen LogP contribution in [0.1, 0.15) is 13.3 Å². The Labute approximate surface area is 73.6 Å². The normalized spacial score (nSPS) is 12.8. The smallest absolute Gasteiger partial charge is 0.317 e. The second-order valence-corrected chi connectivity index (χ2v) is 3.34. The van der Waals surface area contributed by atoms with E-state index in [-0.39, 0.29) is 0 Å². The maximum Gasteiger partial charge on any atom is 0.317 e. The molecule has 0 fully saturated rings. The summed E-state index contributed by atoms with van der Waals surface area (Å²) < 4.78 is 0. The molecule has 0 saturated heterocycles. The number of nitrogens with zero attached hydrogens (tertiary/aromatic N) is 2. The van der Waals surface area contributed by atoms with Gasteiger partial charge in [0.1, 0.15) is 11.6 Å². The molecule has 0 spiro atoms. The molecule has 0 saturated carbocycles. The maximum atomic E-state index is 10.6. The van der Waals surface area contributed by atoms with E-state index < -0.39 is 11.2 Å². The fourth-order valence-corrected chi connectivity index (χ4v) is 1.44. The molecule has 12 heavy (non-hydrogen) atoms. The summed E-state index contributed by atoms with van der Waals surface area (Å²) in [5.74, 6) is -0.820. The number of rotatable bonds is 4. The maximum absolute atomic E-state index is 10.6. The number of H-pyrrole nitrogens is 1. The number of carbonyl (C=O) groups is 1. The third-order valence-electron chi connectivity index (χ3n) is 1.29. The molecule has 1 heterocycles. The molecule has 0 unspecified atom stereocenters. The van der Waals surface area contributed by atoms with Gasteiger partial charge < -0.3 is 5.11 Å². The number of hydrogen-bond acceptors (Lipinski definition) is 4. The van der Waals surface area contributed by atoms with Gasteiger partial charge in [-0.1, -0.05) is 18.7 Å². The van der Waals surface area contributed by atoms with E-state index in [1.807, 2.05) is 6.92 Å². The number of aliphatic carboxylic acids is 1. The minimum atomic E-state index is -0.820. The Morgan fingerprint density at radius 1 is 1.92 bits per heavy atom. The number of aromatic amines is 1. The lowest BCUT2D eigenvalue weighted by Crippen LogP contribution is -2.14. The molecule has 1 aromatic heterocycles. The molecule has 0 radical (unpaired) electrons. The van der Waals surface area contributed by atoms with Crippen LogP contribution in [0.3, 0.4) is 0 Å². The first-order chi connectivity index (χ1) is 5.74. The van der Waals surface area contributed by atoms with Crippen molar-refractivity contribution in [3.8, 4) is 0 Å². The van der Waals surface area contributed by atoms with E-state index in [4.69, 9.17) is 5.11 Å². The summed E-state index contributed by atoms with van der Waals surface area (Å²) in [6.45, 7) is 1.82. The molecule has 1 atom stereocenters. The number of carboxylic acids is 1. The lowest BCUT2D eigenvalue weighted by Gasteiger charge is -2.04. The highest BCUT2D eigenvalue weighted by atomic mass is 32.2. The molecule has 0 aliphatic carbocycles. The zero-order valence-electron chi connectivity index (χ0n) is 6.52. The van der Waals surface area contributed by atoms with Crippen LogP contribution in [0.4, 0.5) is 0 Å². The van der Waals surface area contributed by atoms with Gasteiger partial charge in [0.25, 0.3) is 0 Å². The Morgan fingerprint density at radius 3 is 3.08 bits per heavy atom. The molecule has 1 aromatic rings. The predicted molar refractivity (Wildman–Crippen MR) is 44.0 cm³/mol. The van der Waals surface area contributed by atoms with E-state index >= 15 is 0 Å². The molecule has 66 valence electrons. The Morgan fingerprint density at radius 2 is 2.67 bits per heavy atom. The van der Waals surface area contributed by atoms with E-state index in [0.29, 0.717) is 11.6 Å². The molecule has 0 aliphatic heterocycles. The van der Waals surface area contributed by atoms with Crippen molar-refractivity contribution in [3.63, 3.8) is 0 Å². The standard InChI is InChI=1S/C6H9N3O2S/c1-2-4(5(10)11)12-6-7-3-8-9-6/h3-4H,2H2,1H3,(H,10,11)(H,7,8,9)/t4-/m0/s1. The highest BCUT2D eigenvalue weighted by molar-refractivity contribution is 8.00. The van der Waals surface area contributed by atoms with Crippen LogP contribution in [0.5, 0.6) is 0 Å². The number of carboxylic acid groups (broad SMARTS) is 1. The second kappa shape index (κ2) is 4.10. The summed E-state index contributed by atoms with van der Waals surface area (Å²) in [7, 11) is 0. The number of hydrogen-bond donors (Lipinski definition) is 2. The highest BCUT2D eigenvalue weighted by Crippen LogP contribution is 2.20. The van der Waals surface area contributed by atoms with Gasteiger partial charge >= 0.3 is 5.97 Å². The fraction of sp³-hybridized carbons (Fsp3) is 0.500. The first-order valence-corrected chi connectivity index (χ1v) is 4.36. The number of thioether (sulfide) groups is 1. The third-order valence-corrected chi connectivity index (χ3v) is 2.53. The number of aromatic nitrogens is 3. The lowest BCUT2D eigenvalue weighted by atomic mass is 10.3. The van der Waals surface area contributed by atoms with Crippen LogP contribution in [-0.2, 0) is 4.79 Å². The monoisotopic (exact) mass is 187 g/mol. The predicted octanol–water partition coefficient (Wildman–Crippen LogP) is 0.760. The van der Waals surface area contributed by atoms with Gasteiger partial charge in [0, 0.05) is 0 Å². The van der Waals surface area contributed by atoms with Gasteiger partial charge in [0.15, 0.2) is 5.16 Å². The van der Waals surface area contributed by atoms with Crippen molar-refractivity contribution in [1.82, 2.24) is 15.2 Å². The molecular weight excluding hydrogens is 178 g/mol. The molecular formula is C6H9N3O2S. The fourth-order valence-electron chi connectivity index (χ4n) is 0.694. The van der Waals surface area contributed by atoms with Crippen LogP contribution in [0.2, 0.25) is 0 Å². The summed E-state index contributed by atoms with van der Waals surface area (Å²) in [6.07, 6.45) is 1.93. The Hall–Kier alpha value is -1.04. The summed E-state index contributed by atoms with van der Waals surface area (Å²) in [5.41, 5.74) is 0. The van der Waals surface area contributed by atoms with Crippen molar-refractivity contribution in [1.29, 1.82) is 0 Å². The Bertz CT molecular complexity index is 249. The van der Waals surface area contributed by atoms with Crippen LogP contribution in [0.15, 0.2) is 11.5 Å². The summed E-state index contributed by atoms with van der Waals surface area (Å²) >= 11 is 1.17. The van der Waals surface area contributed by atoms with Gasteiger partial charge in [-0.2, -0.15) is 5.10 Å². The van der Waals surface area contributed by atoms with Gasteiger partial charge in [0.05, 0.1) is 0 Å². The van der Waals surface area contributed by atoms with Crippen molar-refractivity contribution >= 4 is 17.7 Å². The number of nitrogens with one attached hydrogen (secondary N) is 1. The van der Waals surface area contributed by atoms with Gasteiger partial charge in [-0.15, -0.1) is 0 Å². The average molecular weight is 187 g/mol. The van der Waals surface area contributed by atoms with E-state index in [1.165, 1.54) is 18.1 Å². The van der Waals surface area contributed by atoms with Crippen molar-refractivity contribution < 1.29 is 9.90 Å². The Balaban J connectivity index is 2.54. The van der Waals surface area contributed by atoms with Crippen molar-refractivity contribution in [2.75, 3.05) is 0 Å². The molecule has 0 aromatic carbocycles. The molecule has 5 nitrogen and oxygen atoms in total. The first kappa shape index (κ1) is 9.05. The van der Waals surface area contributed by atoms with E-state index in [9.17, 15) is 4.79 Å². The van der Waals surface area contributed by atoms with Gasteiger partial charge in [-0.3, -0.25) is 9.89 Å². The molecule has 0 bridgehead atoms. The van der Waals surface area contributed by atoms with Gasteiger partial charge in [0.2, 0.25) is 0 Å². The lowest BCUT2D eigenvalue weighted by molar-refractivity contribution is -0.136. The second-order valence-electron chi connectivity index (χ2n) is 2.14. The van der Waals surface area contributed by atoms with Crippen molar-refractivity contribution in [2.24, 2.45) is 0 Å². The van der Waals surface area contributed by atoms with Crippen molar-refractivity contribution in [2.45, 2.75) is 23.8 Å². The largest absolute Gasteiger partial charge is 0.480 e. The molecule has 2 N–H and O–H groups in total. The minimum absolute atomic E-state index is 0.446. The van der Waals surface area contributed by atoms with Crippen LogP contribution >= 0.6 is 11.8 Å². The van der Waals surface area contributed by atoms with Crippen LogP contribution < -0.4 is 0 Å². The summed E-state index contributed by atoms with van der Waals surface area (Å²) in [6, 6.07) is 0. The molecule has 6 heteroatoms. The molecule has 0 amide bonds. The van der Waals surface area contributed by atoms with Gasteiger partial charge in [-0.05, 0) is 6.42 Å². The van der Waals surface area contributed by atoms with Crippen LogP contribution in [-0.4, -0.2) is 31.5 Å². The zero-order chi connectivity index (χ0) is 8.97. The van der Waals surface area contributed by atoms with Gasteiger partial charge in [-0.25, -0.2) is 4.98 Å². The van der Waals surface area contributed by atoms with E-state index in [1.54, 1.807) is 0 Å². The Kier molecular flexibility index (Phi) is 3.09. The summed E-state index contributed by atoms with van der Waals surface area (Å²) in [4.78, 5) is 14.4. The third kappa shape index (κ3) is 2.23. The first-order valence-electron chi connectivity index (χ1n) is 3.49. The molecule has 0 aliphatic rings. The van der Waals surface area contributed by atoms with Crippen molar-refractivity contribution in [3.05, 3.63) is 6.33 Å². The highest BCUT2D eigenvalue weighted by Gasteiger charge is 2.17. The van der Waals surface area contributed by atoms with E-state index in [2.05, 4.69) is 15.2 Å². The quantitative estimate of drug-likeness (QED) is 0.680. The topological polar surface area (TPSA) is 78.9 Å². The SMILES string of the molecule is CC[C@H](Sc1ncn[nH]1)C(=O)O. The summed E-state index contributed by atoms with van der Waals surface area (Å²) in [5, 5.41) is 15.0. The van der Waals surface area contributed by atoms with Crippen LogP contribution in [0.25, 0.3) is 0 Å². The van der Waals surface area contributed by atoms with Crippen LogP contribution in [0, 0.1) is 0 Å². The van der Waals surface area contributed by atoms with E-state index in [0.717, 1.165) is 0 Å². The zero-order valence-corrected chi connectivity index (χ0v) is 7.34. The molecule has 1 rings (SSSR count).